The number of nitriles is 1. The normalized spacial score (nSPS) is 29.7. The summed E-state index contributed by atoms with van der Waals surface area (Å²) >= 11 is 0. The monoisotopic (exact) mass is 168 g/mol. The minimum atomic E-state index is -0.158. The molecule has 0 aromatic heterocycles. The molecule has 0 saturated carbocycles. The zero-order chi connectivity index (χ0) is 8.86. The molecule has 0 amide bonds. The minimum Gasteiger partial charge on any atom is -0.385 e. The lowest BCUT2D eigenvalue weighted by molar-refractivity contribution is 0.144. The van der Waals surface area contributed by atoms with Gasteiger partial charge in [0.1, 0.15) is 0 Å². The van der Waals surface area contributed by atoms with Crippen molar-refractivity contribution in [3.05, 3.63) is 0 Å². The van der Waals surface area contributed by atoms with Gasteiger partial charge in [-0.05, 0) is 25.8 Å². The van der Waals surface area contributed by atoms with Gasteiger partial charge in [0.2, 0.25) is 0 Å². The highest BCUT2D eigenvalue weighted by Crippen LogP contribution is 2.28. The lowest BCUT2D eigenvalue weighted by Crippen LogP contribution is -2.39. The molecule has 1 atom stereocenters. The molecule has 1 aliphatic heterocycles. The number of ether oxygens (including phenoxy) is 1. The molecular weight excluding hydrogens is 152 g/mol. The molecule has 1 heterocycles. The van der Waals surface area contributed by atoms with Crippen LogP contribution < -0.4 is 5.32 Å². The van der Waals surface area contributed by atoms with Crippen LogP contribution in [-0.2, 0) is 4.74 Å². The Kier molecular flexibility index (Phi) is 3.51. The largest absolute Gasteiger partial charge is 0.385 e. The first-order chi connectivity index (χ1) is 5.83. The Labute approximate surface area is 73.7 Å². The number of methoxy groups -OCH3 is 1. The van der Waals surface area contributed by atoms with Crippen molar-refractivity contribution in [3.8, 4) is 6.07 Å². The molecule has 1 saturated heterocycles. The van der Waals surface area contributed by atoms with E-state index in [0.29, 0.717) is 6.61 Å². The van der Waals surface area contributed by atoms with Gasteiger partial charge in [0, 0.05) is 20.3 Å². The fraction of sp³-hybridized carbons (Fsp3) is 0.889. The second-order valence-corrected chi connectivity index (χ2v) is 3.42. The average molecular weight is 168 g/mol. The molecule has 1 N–H and O–H groups in total. The third kappa shape index (κ3) is 2.20. The Bertz CT molecular complexity index is 168. The van der Waals surface area contributed by atoms with Gasteiger partial charge >= 0.3 is 0 Å². The molecule has 0 radical (unpaired) electrons. The maximum absolute atomic E-state index is 9.02. The molecule has 0 aromatic rings. The Morgan fingerprint density at radius 2 is 2.50 bits per heavy atom. The van der Waals surface area contributed by atoms with Crippen molar-refractivity contribution in [1.29, 1.82) is 5.26 Å². The van der Waals surface area contributed by atoms with Crippen molar-refractivity contribution < 1.29 is 4.74 Å². The minimum absolute atomic E-state index is 0.158. The third-order valence-corrected chi connectivity index (χ3v) is 2.49. The van der Waals surface area contributed by atoms with Crippen LogP contribution in [0.2, 0.25) is 0 Å². The molecular formula is C9H16N2O. The van der Waals surface area contributed by atoms with Gasteiger partial charge in [-0.15, -0.1) is 0 Å². The molecule has 3 heteroatoms. The lowest BCUT2D eigenvalue weighted by Gasteiger charge is -2.30. The van der Waals surface area contributed by atoms with Crippen molar-refractivity contribution in [2.24, 2.45) is 5.41 Å². The van der Waals surface area contributed by atoms with Gasteiger partial charge in [-0.2, -0.15) is 5.26 Å². The predicted molar refractivity (Wildman–Crippen MR) is 46.6 cm³/mol. The van der Waals surface area contributed by atoms with E-state index in [-0.39, 0.29) is 5.41 Å². The Morgan fingerprint density at radius 3 is 3.00 bits per heavy atom. The van der Waals surface area contributed by atoms with E-state index >= 15 is 0 Å². The Balaban J connectivity index is 2.44. The molecule has 1 aliphatic rings. The SMILES string of the molecule is COCCC1(C#N)CCCNC1. The molecule has 0 bridgehead atoms. The van der Waals surface area contributed by atoms with Crippen LogP contribution in [-0.4, -0.2) is 26.8 Å². The van der Waals surface area contributed by atoms with Crippen LogP contribution in [0.3, 0.4) is 0 Å². The predicted octanol–water partition coefficient (Wildman–Crippen LogP) is 0.916. The van der Waals surface area contributed by atoms with E-state index in [2.05, 4.69) is 11.4 Å². The summed E-state index contributed by atoms with van der Waals surface area (Å²) in [5.74, 6) is 0. The van der Waals surface area contributed by atoms with Gasteiger partial charge in [-0.3, -0.25) is 0 Å². The summed E-state index contributed by atoms with van der Waals surface area (Å²) in [6, 6.07) is 2.41. The summed E-state index contributed by atoms with van der Waals surface area (Å²) in [5.41, 5.74) is -0.158. The molecule has 68 valence electrons. The Morgan fingerprint density at radius 1 is 1.67 bits per heavy atom. The zero-order valence-corrected chi connectivity index (χ0v) is 7.60. The van der Waals surface area contributed by atoms with Gasteiger partial charge < -0.3 is 10.1 Å². The molecule has 1 rings (SSSR count). The van der Waals surface area contributed by atoms with Crippen LogP contribution in [0.25, 0.3) is 0 Å². The van der Waals surface area contributed by atoms with E-state index < -0.39 is 0 Å². The van der Waals surface area contributed by atoms with E-state index in [0.717, 1.165) is 32.4 Å². The molecule has 3 nitrogen and oxygen atoms in total. The number of nitrogens with one attached hydrogen (secondary N) is 1. The van der Waals surface area contributed by atoms with Crippen LogP contribution in [0.1, 0.15) is 19.3 Å². The van der Waals surface area contributed by atoms with Crippen molar-refractivity contribution in [2.75, 3.05) is 26.8 Å². The summed E-state index contributed by atoms with van der Waals surface area (Å²) in [4.78, 5) is 0. The summed E-state index contributed by atoms with van der Waals surface area (Å²) in [7, 11) is 1.68. The number of hydrogen-bond donors (Lipinski definition) is 1. The lowest BCUT2D eigenvalue weighted by atomic mass is 9.79. The smallest absolute Gasteiger partial charge is 0.0720 e. The molecule has 0 aromatic carbocycles. The maximum Gasteiger partial charge on any atom is 0.0720 e. The van der Waals surface area contributed by atoms with Crippen LogP contribution in [0.4, 0.5) is 0 Å². The number of piperidine rings is 1. The van der Waals surface area contributed by atoms with Gasteiger partial charge in [-0.1, -0.05) is 0 Å². The van der Waals surface area contributed by atoms with Crippen molar-refractivity contribution >= 4 is 0 Å². The quantitative estimate of drug-likeness (QED) is 0.681. The van der Waals surface area contributed by atoms with Crippen molar-refractivity contribution in [2.45, 2.75) is 19.3 Å². The molecule has 1 fully saturated rings. The number of hydrogen-bond acceptors (Lipinski definition) is 3. The fourth-order valence-corrected chi connectivity index (χ4v) is 1.63. The maximum atomic E-state index is 9.02. The van der Waals surface area contributed by atoms with E-state index in [4.69, 9.17) is 10.00 Å². The van der Waals surface area contributed by atoms with E-state index in [1.54, 1.807) is 7.11 Å². The number of rotatable bonds is 3. The first kappa shape index (κ1) is 9.50. The number of nitrogens with zero attached hydrogens (tertiary/aromatic N) is 1. The van der Waals surface area contributed by atoms with E-state index in [1.807, 2.05) is 0 Å². The van der Waals surface area contributed by atoms with Crippen molar-refractivity contribution in [3.63, 3.8) is 0 Å². The van der Waals surface area contributed by atoms with Crippen molar-refractivity contribution in [1.82, 2.24) is 5.32 Å². The van der Waals surface area contributed by atoms with Gasteiger partial charge in [0.15, 0.2) is 0 Å². The molecule has 12 heavy (non-hydrogen) atoms. The van der Waals surface area contributed by atoms with Gasteiger partial charge in [-0.25, -0.2) is 0 Å². The van der Waals surface area contributed by atoms with E-state index in [9.17, 15) is 0 Å². The Hall–Kier alpha value is -0.590. The second-order valence-electron chi connectivity index (χ2n) is 3.42. The molecule has 0 spiro atoms. The average Bonchev–Trinajstić information content (AvgIpc) is 2.16. The van der Waals surface area contributed by atoms with Gasteiger partial charge in [0.05, 0.1) is 11.5 Å². The van der Waals surface area contributed by atoms with Crippen LogP contribution in [0, 0.1) is 16.7 Å². The topological polar surface area (TPSA) is 45.0 Å². The third-order valence-electron chi connectivity index (χ3n) is 2.49. The highest BCUT2D eigenvalue weighted by molar-refractivity contribution is 5.02. The van der Waals surface area contributed by atoms with Crippen LogP contribution in [0.15, 0.2) is 0 Å². The summed E-state index contributed by atoms with van der Waals surface area (Å²) in [6.07, 6.45) is 2.98. The summed E-state index contributed by atoms with van der Waals surface area (Å²) in [5, 5.41) is 12.3. The first-order valence-electron chi connectivity index (χ1n) is 4.44. The first-order valence-corrected chi connectivity index (χ1v) is 4.44. The van der Waals surface area contributed by atoms with E-state index in [1.165, 1.54) is 0 Å². The molecule has 1 unspecified atom stereocenters. The highest BCUT2D eigenvalue weighted by atomic mass is 16.5. The van der Waals surface area contributed by atoms with Gasteiger partial charge in [0.25, 0.3) is 0 Å². The fourth-order valence-electron chi connectivity index (χ4n) is 1.63. The zero-order valence-electron chi connectivity index (χ0n) is 7.60. The summed E-state index contributed by atoms with van der Waals surface area (Å²) in [6.45, 7) is 2.57. The summed E-state index contributed by atoms with van der Waals surface area (Å²) < 4.78 is 4.99. The molecule has 0 aliphatic carbocycles. The second kappa shape index (κ2) is 4.44. The standard InChI is InChI=1S/C9H16N2O/c1-12-6-4-9(7-10)3-2-5-11-8-9/h11H,2-6,8H2,1H3. The van der Waals surface area contributed by atoms with Crippen LogP contribution in [0.5, 0.6) is 0 Å². The van der Waals surface area contributed by atoms with Crippen LogP contribution >= 0.6 is 0 Å². The highest BCUT2D eigenvalue weighted by Gasteiger charge is 2.31.